The average molecular weight is 296 g/mol. The van der Waals surface area contributed by atoms with Crippen molar-refractivity contribution in [3.8, 4) is 0 Å². The Hall–Kier alpha value is -0.570. The molecule has 4 atom stereocenters. The van der Waals surface area contributed by atoms with E-state index in [4.69, 9.17) is 9.47 Å². The van der Waals surface area contributed by atoms with Crippen LogP contribution in [0.3, 0.4) is 0 Å². The zero-order valence-corrected chi connectivity index (χ0v) is 14.8. The molecule has 0 aromatic heterocycles. The van der Waals surface area contributed by atoms with E-state index in [9.17, 15) is 4.79 Å². The summed E-state index contributed by atoms with van der Waals surface area (Å²) in [5.41, 5.74) is 0.260. The van der Waals surface area contributed by atoms with E-state index in [1.807, 2.05) is 27.7 Å². The lowest BCUT2D eigenvalue weighted by molar-refractivity contribution is -0.199. The molecule has 3 heteroatoms. The first kappa shape index (κ1) is 16.8. The van der Waals surface area contributed by atoms with E-state index in [0.717, 1.165) is 12.8 Å². The molecule has 0 spiro atoms. The van der Waals surface area contributed by atoms with Crippen LogP contribution in [0.25, 0.3) is 0 Å². The van der Waals surface area contributed by atoms with Gasteiger partial charge in [-0.05, 0) is 63.2 Å². The highest BCUT2D eigenvalue weighted by atomic mass is 16.7. The number of esters is 1. The highest BCUT2D eigenvalue weighted by Gasteiger charge is 2.61. The summed E-state index contributed by atoms with van der Waals surface area (Å²) >= 11 is 0. The van der Waals surface area contributed by atoms with Gasteiger partial charge in [0.05, 0.1) is 11.5 Å². The fourth-order valence-electron chi connectivity index (χ4n) is 4.08. The van der Waals surface area contributed by atoms with Gasteiger partial charge in [0.2, 0.25) is 0 Å². The smallest absolute Gasteiger partial charge is 0.313 e. The second-order valence-electron chi connectivity index (χ2n) is 8.52. The topological polar surface area (TPSA) is 35.5 Å². The highest BCUT2D eigenvalue weighted by molar-refractivity contribution is 5.75. The van der Waals surface area contributed by atoms with Crippen LogP contribution in [-0.4, -0.2) is 18.4 Å². The van der Waals surface area contributed by atoms with Crippen molar-refractivity contribution in [2.75, 3.05) is 0 Å². The van der Waals surface area contributed by atoms with Gasteiger partial charge in [0.25, 0.3) is 0 Å². The summed E-state index contributed by atoms with van der Waals surface area (Å²) in [6.07, 6.45) is 4.16. The molecule has 0 aliphatic heterocycles. The molecule has 0 aromatic rings. The van der Waals surface area contributed by atoms with Gasteiger partial charge < -0.3 is 9.47 Å². The van der Waals surface area contributed by atoms with Crippen molar-refractivity contribution in [2.45, 2.75) is 86.5 Å². The zero-order valence-electron chi connectivity index (χ0n) is 14.8. The molecule has 2 aliphatic carbocycles. The highest BCUT2D eigenvalue weighted by Crippen LogP contribution is 2.66. The molecule has 4 unspecified atom stereocenters. The molecule has 0 saturated heterocycles. The first-order valence-corrected chi connectivity index (χ1v) is 8.40. The van der Waals surface area contributed by atoms with Crippen molar-refractivity contribution in [3.63, 3.8) is 0 Å². The van der Waals surface area contributed by atoms with Crippen LogP contribution in [0.4, 0.5) is 0 Å². The molecule has 2 aliphatic rings. The van der Waals surface area contributed by atoms with E-state index in [0.29, 0.717) is 16.7 Å². The van der Waals surface area contributed by atoms with Gasteiger partial charge in [0.1, 0.15) is 0 Å². The van der Waals surface area contributed by atoms with Gasteiger partial charge in [0, 0.05) is 0 Å². The molecule has 2 bridgehead atoms. The number of ether oxygens (including phenoxy) is 2. The van der Waals surface area contributed by atoms with Crippen LogP contribution in [0.2, 0.25) is 0 Å². The standard InChI is InChI=1S/C18H32O3/c1-8-16(3,4)15(19)21-12(2)20-14-11-18(7)10-9-13(14)17(18,5)6/h12-14H,8-11H2,1-7H3. The minimum absolute atomic E-state index is 0.161. The Morgan fingerprint density at radius 1 is 1.33 bits per heavy atom. The fraction of sp³-hybridized carbons (Fsp3) is 0.944. The van der Waals surface area contributed by atoms with Gasteiger partial charge >= 0.3 is 5.97 Å². The predicted octanol–water partition coefficient (Wildman–Crippen LogP) is 4.54. The molecule has 122 valence electrons. The van der Waals surface area contributed by atoms with Crippen molar-refractivity contribution >= 4 is 5.97 Å². The number of fused-ring (bicyclic) bond motifs is 2. The van der Waals surface area contributed by atoms with Crippen LogP contribution in [-0.2, 0) is 14.3 Å². The monoisotopic (exact) mass is 296 g/mol. The summed E-state index contributed by atoms with van der Waals surface area (Å²) < 4.78 is 11.6. The molecular weight excluding hydrogens is 264 g/mol. The van der Waals surface area contributed by atoms with E-state index in [2.05, 4.69) is 20.8 Å². The van der Waals surface area contributed by atoms with E-state index in [1.54, 1.807) is 0 Å². The number of hydrogen-bond acceptors (Lipinski definition) is 3. The zero-order chi connectivity index (χ0) is 16.1. The first-order chi connectivity index (χ1) is 9.53. The SMILES string of the molecule is CCC(C)(C)C(=O)OC(C)OC1CC2(C)CCC1C2(C)C. The van der Waals surface area contributed by atoms with Crippen LogP contribution in [0.1, 0.15) is 74.1 Å². The summed E-state index contributed by atoms with van der Waals surface area (Å²) in [6.45, 7) is 14.8. The Bertz CT molecular complexity index is 410. The van der Waals surface area contributed by atoms with Crippen molar-refractivity contribution in [1.29, 1.82) is 0 Å². The van der Waals surface area contributed by atoms with Gasteiger partial charge in [-0.1, -0.05) is 27.7 Å². The normalized spacial score (nSPS) is 35.8. The fourth-order valence-corrected chi connectivity index (χ4v) is 4.08. The Morgan fingerprint density at radius 2 is 1.95 bits per heavy atom. The number of hydrogen-bond donors (Lipinski definition) is 0. The van der Waals surface area contributed by atoms with Gasteiger partial charge in [-0.3, -0.25) is 4.79 Å². The summed E-state index contributed by atoms with van der Waals surface area (Å²) in [6, 6.07) is 0. The number of carbonyl (C=O) groups excluding carboxylic acids is 1. The Labute approximate surface area is 129 Å². The molecule has 2 rings (SSSR count). The third-order valence-corrected chi connectivity index (χ3v) is 6.67. The van der Waals surface area contributed by atoms with Crippen LogP contribution in [0, 0.1) is 22.2 Å². The lowest BCUT2D eigenvalue weighted by atomic mass is 9.71. The van der Waals surface area contributed by atoms with Crippen LogP contribution in [0.15, 0.2) is 0 Å². The van der Waals surface area contributed by atoms with E-state index < -0.39 is 11.7 Å². The van der Waals surface area contributed by atoms with E-state index in [-0.39, 0.29) is 12.1 Å². The molecule has 0 heterocycles. The third-order valence-electron chi connectivity index (χ3n) is 6.67. The molecule has 0 N–H and O–H groups in total. The average Bonchev–Trinajstić information content (AvgIpc) is 2.69. The van der Waals surface area contributed by atoms with Crippen LogP contribution in [0.5, 0.6) is 0 Å². The minimum Gasteiger partial charge on any atom is -0.436 e. The summed E-state index contributed by atoms with van der Waals surface area (Å²) in [5.74, 6) is 0.425. The number of rotatable bonds is 5. The maximum atomic E-state index is 12.1. The van der Waals surface area contributed by atoms with E-state index in [1.165, 1.54) is 12.8 Å². The largest absolute Gasteiger partial charge is 0.436 e. The van der Waals surface area contributed by atoms with Crippen LogP contribution >= 0.6 is 0 Å². The Morgan fingerprint density at radius 3 is 2.38 bits per heavy atom. The lowest BCUT2D eigenvalue weighted by Crippen LogP contribution is -2.34. The van der Waals surface area contributed by atoms with Crippen molar-refractivity contribution in [1.82, 2.24) is 0 Å². The van der Waals surface area contributed by atoms with Crippen molar-refractivity contribution < 1.29 is 14.3 Å². The minimum atomic E-state index is -0.452. The molecule has 21 heavy (non-hydrogen) atoms. The Balaban J connectivity index is 1.94. The number of carbonyl (C=O) groups is 1. The first-order valence-electron chi connectivity index (χ1n) is 8.40. The summed E-state index contributed by atoms with van der Waals surface area (Å²) in [5, 5.41) is 0. The maximum Gasteiger partial charge on any atom is 0.313 e. The van der Waals surface area contributed by atoms with E-state index >= 15 is 0 Å². The summed E-state index contributed by atoms with van der Waals surface area (Å²) in [4.78, 5) is 12.1. The van der Waals surface area contributed by atoms with Crippen molar-refractivity contribution in [3.05, 3.63) is 0 Å². The third kappa shape index (κ3) is 2.74. The van der Waals surface area contributed by atoms with Gasteiger partial charge in [-0.15, -0.1) is 0 Å². The van der Waals surface area contributed by atoms with Gasteiger partial charge in [-0.25, -0.2) is 0 Å². The predicted molar refractivity (Wildman–Crippen MR) is 83.7 cm³/mol. The molecule has 0 radical (unpaired) electrons. The summed E-state index contributed by atoms with van der Waals surface area (Å²) in [7, 11) is 0. The molecule has 0 amide bonds. The van der Waals surface area contributed by atoms with Gasteiger partial charge in [-0.2, -0.15) is 0 Å². The maximum absolute atomic E-state index is 12.1. The quantitative estimate of drug-likeness (QED) is 0.552. The molecule has 2 fully saturated rings. The second kappa shape index (κ2) is 5.26. The molecule has 3 nitrogen and oxygen atoms in total. The second-order valence-corrected chi connectivity index (χ2v) is 8.52. The van der Waals surface area contributed by atoms with Gasteiger partial charge in [0.15, 0.2) is 6.29 Å². The van der Waals surface area contributed by atoms with Crippen LogP contribution < -0.4 is 0 Å². The molecular formula is C18H32O3. The molecule has 2 saturated carbocycles. The Kier molecular flexibility index (Phi) is 4.20. The van der Waals surface area contributed by atoms with Crippen molar-refractivity contribution in [2.24, 2.45) is 22.2 Å². The lowest BCUT2D eigenvalue weighted by Gasteiger charge is -2.33. The molecule has 0 aromatic carbocycles.